The number of hydrogen-bond donors (Lipinski definition) is 2. The van der Waals surface area contributed by atoms with E-state index in [2.05, 4.69) is 38.3 Å². The fraction of sp³-hybridized carbons (Fsp3) is 0.855. The van der Waals surface area contributed by atoms with Gasteiger partial charge in [-0.2, -0.15) is 0 Å². The molecular formula is C55H106N2O7Os. The van der Waals surface area contributed by atoms with Crippen molar-refractivity contribution in [2.24, 2.45) is 0 Å². The van der Waals surface area contributed by atoms with Gasteiger partial charge in [0.25, 0.3) is 0 Å². The van der Waals surface area contributed by atoms with E-state index in [1.807, 2.05) is 13.8 Å². The second-order valence-electron chi connectivity index (χ2n) is 18.9. The third-order valence-corrected chi connectivity index (χ3v) is 12.0. The van der Waals surface area contributed by atoms with Gasteiger partial charge in [-0.3, -0.25) is 19.2 Å². The van der Waals surface area contributed by atoms with Crippen molar-refractivity contribution in [3.63, 3.8) is 0 Å². The molecule has 0 aliphatic heterocycles. The molecule has 1 fully saturated rings. The molecule has 10 heteroatoms. The number of hydrogen-bond acceptors (Lipinski definition) is 7. The molecule has 1 aliphatic rings. The number of amides is 2. The Morgan fingerprint density at radius 1 is 0.492 bits per heavy atom. The molecule has 0 radical (unpaired) electrons. The van der Waals surface area contributed by atoms with Crippen molar-refractivity contribution >= 4 is 23.8 Å². The molecule has 9 nitrogen and oxygen atoms in total. The molecule has 0 heterocycles. The fourth-order valence-electron chi connectivity index (χ4n) is 8.05. The normalized spacial score (nSPS) is 15.5. The standard InChI is InChI=1S/C48H89N2O6.C5H11O.2CH3.Os/c1-4-7-9-11-13-15-17-19-21-23-25-27-29-31-33-35-47(53)55-43-39-42(50-46(52)38-37-45(51)49-6-3)40-44(41-43)56-48(54)36-34-32-30-28-26-24-22-20-18-16-14-12-10-8-5-2;1-5(2,3)6-4;;;/h42-44H,3-41H2,1-2H3,(H,49,51)(H,50,52);1H2,2-4H3;2*1H3;/q4*-1;+4. The Kier molecular flexibility index (Phi) is 54.3. The van der Waals surface area contributed by atoms with Crippen molar-refractivity contribution < 1.29 is 53.2 Å². The van der Waals surface area contributed by atoms with Crippen LogP contribution < -0.4 is 10.6 Å². The Balaban J connectivity index is -0.00000192. The molecule has 1 rings (SSSR count). The summed E-state index contributed by atoms with van der Waals surface area (Å²) in [6.45, 7) is 15.9. The molecular weight excluding hydrogens is 991 g/mol. The molecule has 2 N–H and O–H groups in total. The minimum atomic E-state index is -0.420. The van der Waals surface area contributed by atoms with E-state index in [1.165, 1.54) is 154 Å². The first-order chi connectivity index (χ1) is 29.9. The van der Waals surface area contributed by atoms with Crippen molar-refractivity contribution in [1.29, 1.82) is 0 Å². The van der Waals surface area contributed by atoms with Crippen LogP contribution in [0.5, 0.6) is 0 Å². The molecule has 0 saturated heterocycles. The summed E-state index contributed by atoms with van der Waals surface area (Å²) in [5, 5.41) is 5.62. The number of unbranched alkanes of at least 4 members (excludes halogenated alkanes) is 28. The average Bonchev–Trinajstić information content (AvgIpc) is 3.23. The molecule has 0 aromatic rings. The van der Waals surface area contributed by atoms with Crippen LogP contribution in [0.1, 0.15) is 265 Å². The van der Waals surface area contributed by atoms with Crippen molar-refractivity contribution in [2.75, 3.05) is 13.7 Å². The maximum absolute atomic E-state index is 12.8. The first-order valence-corrected chi connectivity index (χ1v) is 26.1. The molecule has 0 aromatic heterocycles. The van der Waals surface area contributed by atoms with E-state index in [-0.39, 0.29) is 89.4 Å². The quantitative estimate of drug-likeness (QED) is 0.0356. The van der Waals surface area contributed by atoms with Gasteiger partial charge in [-0.1, -0.05) is 213 Å². The fourth-order valence-corrected chi connectivity index (χ4v) is 8.05. The van der Waals surface area contributed by atoms with E-state index in [9.17, 15) is 19.2 Å². The SMILES string of the molecule is [CH2-]C(C)(C)OC.[CH2-]CNC(=O)CCC(=O)NC1CC(OC(=O)CCCCCCCCCCCCCCCCC)CC(OC(=O)CCCCCCCCCCCCCCCCC)C1.[CH3-].[CH3-].[Os+4]. The summed E-state index contributed by atoms with van der Waals surface area (Å²) in [4.78, 5) is 50.2. The molecule has 1 saturated carbocycles. The zero-order valence-corrected chi connectivity index (χ0v) is 46.3. The Morgan fingerprint density at radius 2 is 0.769 bits per heavy atom. The second-order valence-corrected chi connectivity index (χ2v) is 18.9. The third-order valence-electron chi connectivity index (χ3n) is 12.0. The van der Waals surface area contributed by atoms with Crippen LogP contribution in [0, 0.1) is 28.7 Å². The summed E-state index contributed by atoms with van der Waals surface area (Å²) >= 11 is 0. The average molecular weight is 1100 g/mol. The zero-order chi connectivity index (χ0) is 45.9. The van der Waals surface area contributed by atoms with E-state index in [4.69, 9.17) is 14.2 Å². The largest absolute Gasteiger partial charge is 4.00 e. The number of ether oxygens (including phenoxy) is 3. The summed E-state index contributed by atoms with van der Waals surface area (Å²) in [5.74, 6) is -0.884. The summed E-state index contributed by atoms with van der Waals surface area (Å²) < 4.78 is 16.6. The second kappa shape index (κ2) is 50.4. The van der Waals surface area contributed by atoms with Crippen LogP contribution in [0.4, 0.5) is 0 Å². The van der Waals surface area contributed by atoms with Crippen LogP contribution in [0.2, 0.25) is 0 Å². The van der Waals surface area contributed by atoms with Gasteiger partial charge in [-0.15, -0.1) is 6.54 Å². The van der Waals surface area contributed by atoms with Crippen molar-refractivity contribution in [1.82, 2.24) is 10.6 Å². The molecule has 386 valence electrons. The Bertz CT molecular complexity index is 1010. The third kappa shape index (κ3) is 50.2. The minimum Gasteiger partial charge on any atom is -0.462 e. The number of carbonyl (C=O) groups is 4. The van der Waals surface area contributed by atoms with Crippen LogP contribution >= 0.6 is 0 Å². The van der Waals surface area contributed by atoms with E-state index < -0.39 is 12.2 Å². The summed E-state index contributed by atoms with van der Waals surface area (Å²) in [6.07, 6.45) is 39.8. The van der Waals surface area contributed by atoms with Crippen LogP contribution in [0.3, 0.4) is 0 Å². The predicted molar refractivity (Wildman–Crippen MR) is 272 cm³/mol. The van der Waals surface area contributed by atoms with E-state index in [1.54, 1.807) is 7.11 Å². The van der Waals surface area contributed by atoms with Gasteiger partial charge in [0, 0.05) is 58.1 Å². The summed E-state index contributed by atoms with van der Waals surface area (Å²) in [5.41, 5.74) is -0.208. The van der Waals surface area contributed by atoms with Crippen molar-refractivity contribution in [2.45, 2.75) is 289 Å². The van der Waals surface area contributed by atoms with Gasteiger partial charge in [-0.05, 0) is 12.8 Å². The monoisotopic (exact) mass is 1100 g/mol. The predicted octanol–water partition coefficient (Wildman–Crippen LogP) is 14.9. The van der Waals surface area contributed by atoms with Crippen molar-refractivity contribution in [3.8, 4) is 0 Å². The maximum atomic E-state index is 12.8. The first-order valence-electron chi connectivity index (χ1n) is 26.1. The number of methoxy groups -OCH3 is 1. The maximum Gasteiger partial charge on any atom is 4.00 e. The Morgan fingerprint density at radius 3 is 1.05 bits per heavy atom. The molecule has 2 unspecified atom stereocenters. The molecule has 0 aromatic carbocycles. The molecule has 0 spiro atoms. The first kappa shape index (κ1) is 70.0. The van der Waals surface area contributed by atoms with Crippen LogP contribution in [-0.4, -0.2) is 61.3 Å². The van der Waals surface area contributed by atoms with Gasteiger partial charge in [-0.25, -0.2) is 0 Å². The smallest absolute Gasteiger partial charge is 0.462 e. The number of carbonyl (C=O) groups excluding carboxylic acids is 4. The Labute approximate surface area is 417 Å². The van der Waals surface area contributed by atoms with Gasteiger partial charge in [0.15, 0.2) is 0 Å². The molecule has 0 bridgehead atoms. The summed E-state index contributed by atoms with van der Waals surface area (Å²) in [7, 11) is 1.65. The van der Waals surface area contributed by atoms with Crippen LogP contribution in [0.15, 0.2) is 0 Å². The minimum absolute atomic E-state index is 0. The number of nitrogens with one attached hydrogen (secondary N) is 2. The molecule has 65 heavy (non-hydrogen) atoms. The molecule has 1 aliphatic carbocycles. The topological polar surface area (TPSA) is 120 Å². The van der Waals surface area contributed by atoms with Crippen LogP contribution in [-0.2, 0) is 53.2 Å². The number of esters is 2. The van der Waals surface area contributed by atoms with E-state index in [0.717, 1.165) is 38.5 Å². The van der Waals surface area contributed by atoms with Gasteiger partial charge in [0.05, 0.1) is 0 Å². The van der Waals surface area contributed by atoms with Gasteiger partial charge in [0.2, 0.25) is 11.8 Å². The van der Waals surface area contributed by atoms with Crippen LogP contribution in [0.25, 0.3) is 0 Å². The molecule has 2 amide bonds. The number of rotatable bonds is 40. The van der Waals surface area contributed by atoms with Gasteiger partial charge < -0.3 is 53.5 Å². The van der Waals surface area contributed by atoms with E-state index >= 15 is 0 Å². The van der Waals surface area contributed by atoms with Gasteiger partial charge in [0.1, 0.15) is 12.2 Å². The van der Waals surface area contributed by atoms with E-state index in [0.29, 0.717) is 32.1 Å². The Hall–Kier alpha value is -1.52. The van der Waals surface area contributed by atoms with Crippen molar-refractivity contribution in [3.05, 3.63) is 28.7 Å². The van der Waals surface area contributed by atoms with Gasteiger partial charge >= 0.3 is 31.7 Å². The molecule has 2 atom stereocenters. The summed E-state index contributed by atoms with van der Waals surface area (Å²) in [6, 6.07) is -0.292. The zero-order valence-electron chi connectivity index (χ0n) is 43.7.